The second-order valence-electron chi connectivity index (χ2n) is 5.75. The zero-order chi connectivity index (χ0) is 13.7. The van der Waals surface area contributed by atoms with E-state index in [9.17, 15) is 0 Å². The highest BCUT2D eigenvalue weighted by molar-refractivity contribution is 6.30. The second kappa shape index (κ2) is 6.74. The lowest BCUT2D eigenvalue weighted by atomic mass is 9.86. The van der Waals surface area contributed by atoms with Gasteiger partial charge in [0.2, 0.25) is 0 Å². The predicted molar refractivity (Wildman–Crippen MR) is 80.8 cm³/mol. The molecule has 1 heterocycles. The molecule has 2 nitrogen and oxygen atoms in total. The van der Waals surface area contributed by atoms with Crippen LogP contribution >= 0.6 is 11.6 Å². The van der Waals surface area contributed by atoms with Crippen LogP contribution in [-0.4, -0.2) is 24.8 Å². The van der Waals surface area contributed by atoms with Gasteiger partial charge < -0.3 is 10.1 Å². The first kappa shape index (κ1) is 14.8. The van der Waals surface area contributed by atoms with Crippen molar-refractivity contribution in [2.45, 2.75) is 51.2 Å². The van der Waals surface area contributed by atoms with E-state index in [0.29, 0.717) is 6.04 Å². The smallest absolute Gasteiger partial charge is 0.0709 e. The van der Waals surface area contributed by atoms with Gasteiger partial charge in [-0.3, -0.25) is 0 Å². The largest absolute Gasteiger partial charge is 0.375 e. The molecular weight excluding hydrogens is 258 g/mol. The summed E-state index contributed by atoms with van der Waals surface area (Å²) >= 11 is 5.93. The quantitative estimate of drug-likeness (QED) is 0.886. The number of rotatable bonds is 5. The minimum Gasteiger partial charge on any atom is -0.375 e. The summed E-state index contributed by atoms with van der Waals surface area (Å²) in [4.78, 5) is 0. The highest BCUT2D eigenvalue weighted by atomic mass is 35.5. The summed E-state index contributed by atoms with van der Waals surface area (Å²) in [6.07, 6.45) is 4.34. The van der Waals surface area contributed by atoms with E-state index in [4.69, 9.17) is 16.3 Å². The van der Waals surface area contributed by atoms with Gasteiger partial charge in [-0.2, -0.15) is 0 Å². The van der Waals surface area contributed by atoms with Crippen molar-refractivity contribution in [1.29, 1.82) is 0 Å². The van der Waals surface area contributed by atoms with Crippen LogP contribution in [0.15, 0.2) is 24.3 Å². The number of halogens is 1. The van der Waals surface area contributed by atoms with Gasteiger partial charge in [-0.1, -0.05) is 30.7 Å². The molecule has 0 radical (unpaired) electrons. The van der Waals surface area contributed by atoms with E-state index in [1.165, 1.54) is 12.0 Å². The number of hydrogen-bond donors (Lipinski definition) is 1. The number of nitrogens with one attached hydrogen (secondary N) is 1. The third kappa shape index (κ3) is 4.48. The molecule has 3 heteroatoms. The standard InChI is InChI=1S/C16H24ClNO/c1-3-9-18-15-8-10-19-16(2,12-15)11-13-4-6-14(17)7-5-13/h4-7,15,18H,3,8-12H2,1-2H3. The molecule has 2 rings (SSSR count). The molecule has 0 aliphatic carbocycles. The average molecular weight is 282 g/mol. The van der Waals surface area contributed by atoms with Gasteiger partial charge in [0.25, 0.3) is 0 Å². The van der Waals surface area contributed by atoms with Crippen LogP contribution in [0.5, 0.6) is 0 Å². The van der Waals surface area contributed by atoms with Crippen LogP contribution in [0.3, 0.4) is 0 Å². The third-order valence-corrected chi connectivity index (χ3v) is 4.02. The molecule has 1 aromatic rings. The van der Waals surface area contributed by atoms with Crippen molar-refractivity contribution >= 4 is 11.6 Å². The van der Waals surface area contributed by atoms with E-state index in [2.05, 4.69) is 31.3 Å². The maximum atomic E-state index is 6.04. The average Bonchev–Trinajstić information content (AvgIpc) is 2.39. The van der Waals surface area contributed by atoms with Crippen molar-refractivity contribution in [1.82, 2.24) is 5.32 Å². The first-order chi connectivity index (χ1) is 9.11. The summed E-state index contributed by atoms with van der Waals surface area (Å²) in [6, 6.07) is 8.69. The molecule has 2 atom stereocenters. The van der Waals surface area contributed by atoms with Crippen molar-refractivity contribution in [3.63, 3.8) is 0 Å². The minimum absolute atomic E-state index is 0.0580. The topological polar surface area (TPSA) is 21.3 Å². The summed E-state index contributed by atoms with van der Waals surface area (Å²) in [6.45, 7) is 6.38. The van der Waals surface area contributed by atoms with Crippen LogP contribution in [0.25, 0.3) is 0 Å². The highest BCUT2D eigenvalue weighted by Crippen LogP contribution is 2.29. The first-order valence-electron chi connectivity index (χ1n) is 7.23. The van der Waals surface area contributed by atoms with Crippen LogP contribution < -0.4 is 5.32 Å². The van der Waals surface area contributed by atoms with Gasteiger partial charge in [0.15, 0.2) is 0 Å². The molecule has 0 bridgehead atoms. The summed E-state index contributed by atoms with van der Waals surface area (Å²) in [7, 11) is 0. The SMILES string of the molecule is CCCNC1CCOC(C)(Cc2ccc(Cl)cc2)C1. The lowest BCUT2D eigenvalue weighted by Gasteiger charge is -2.39. The highest BCUT2D eigenvalue weighted by Gasteiger charge is 2.33. The Bertz CT molecular complexity index is 392. The number of hydrogen-bond acceptors (Lipinski definition) is 2. The Balaban J connectivity index is 1.95. The van der Waals surface area contributed by atoms with Gasteiger partial charge in [-0.25, -0.2) is 0 Å². The Morgan fingerprint density at radius 1 is 1.37 bits per heavy atom. The third-order valence-electron chi connectivity index (χ3n) is 3.77. The van der Waals surface area contributed by atoms with E-state index in [-0.39, 0.29) is 5.60 Å². The molecular formula is C16H24ClNO. The van der Waals surface area contributed by atoms with Gasteiger partial charge in [-0.05, 0) is 50.4 Å². The molecule has 1 aliphatic heterocycles. The fourth-order valence-corrected chi connectivity index (χ4v) is 2.94. The van der Waals surface area contributed by atoms with E-state index < -0.39 is 0 Å². The van der Waals surface area contributed by atoms with Crippen molar-refractivity contribution in [3.8, 4) is 0 Å². The molecule has 0 spiro atoms. The Labute approximate surface area is 121 Å². The fraction of sp³-hybridized carbons (Fsp3) is 0.625. The van der Waals surface area contributed by atoms with Crippen molar-refractivity contribution in [2.24, 2.45) is 0 Å². The monoisotopic (exact) mass is 281 g/mol. The molecule has 1 saturated heterocycles. The van der Waals surface area contributed by atoms with Crippen molar-refractivity contribution < 1.29 is 4.74 Å². The molecule has 0 amide bonds. The Morgan fingerprint density at radius 3 is 2.79 bits per heavy atom. The van der Waals surface area contributed by atoms with Crippen LogP contribution in [0.2, 0.25) is 5.02 Å². The van der Waals surface area contributed by atoms with Crippen molar-refractivity contribution in [2.75, 3.05) is 13.2 Å². The lowest BCUT2D eigenvalue weighted by molar-refractivity contribution is -0.0752. The minimum atomic E-state index is -0.0580. The second-order valence-corrected chi connectivity index (χ2v) is 6.18. The fourth-order valence-electron chi connectivity index (χ4n) is 2.81. The summed E-state index contributed by atoms with van der Waals surface area (Å²) < 4.78 is 6.04. The van der Waals surface area contributed by atoms with E-state index >= 15 is 0 Å². The summed E-state index contributed by atoms with van der Waals surface area (Å²) in [5.74, 6) is 0. The normalized spacial score (nSPS) is 27.4. The molecule has 1 aromatic carbocycles. The summed E-state index contributed by atoms with van der Waals surface area (Å²) in [5, 5.41) is 4.41. The van der Waals surface area contributed by atoms with Crippen LogP contribution in [-0.2, 0) is 11.2 Å². The maximum absolute atomic E-state index is 6.04. The molecule has 106 valence electrons. The van der Waals surface area contributed by atoms with Gasteiger partial charge in [-0.15, -0.1) is 0 Å². The zero-order valence-electron chi connectivity index (χ0n) is 11.9. The molecule has 1 aliphatic rings. The molecule has 1 N–H and O–H groups in total. The Morgan fingerprint density at radius 2 is 2.11 bits per heavy atom. The number of ether oxygens (including phenoxy) is 1. The maximum Gasteiger partial charge on any atom is 0.0709 e. The van der Waals surface area contributed by atoms with Crippen LogP contribution in [0.4, 0.5) is 0 Å². The molecule has 0 aromatic heterocycles. The van der Waals surface area contributed by atoms with Crippen LogP contribution in [0, 0.1) is 0 Å². The van der Waals surface area contributed by atoms with E-state index in [0.717, 1.165) is 37.4 Å². The van der Waals surface area contributed by atoms with Gasteiger partial charge in [0, 0.05) is 24.1 Å². The Kier molecular flexibility index (Phi) is 5.26. The molecule has 19 heavy (non-hydrogen) atoms. The zero-order valence-corrected chi connectivity index (χ0v) is 12.7. The molecule has 1 fully saturated rings. The van der Waals surface area contributed by atoms with E-state index in [1.807, 2.05) is 12.1 Å². The van der Waals surface area contributed by atoms with Gasteiger partial charge >= 0.3 is 0 Å². The van der Waals surface area contributed by atoms with Gasteiger partial charge in [0.1, 0.15) is 0 Å². The van der Waals surface area contributed by atoms with Crippen LogP contribution in [0.1, 0.15) is 38.7 Å². The predicted octanol–water partition coefficient (Wildman–Crippen LogP) is 3.82. The lowest BCUT2D eigenvalue weighted by Crippen LogP contribution is -2.46. The first-order valence-corrected chi connectivity index (χ1v) is 7.61. The van der Waals surface area contributed by atoms with Gasteiger partial charge in [0.05, 0.1) is 5.60 Å². The molecule has 0 saturated carbocycles. The molecule has 2 unspecified atom stereocenters. The summed E-state index contributed by atoms with van der Waals surface area (Å²) in [5.41, 5.74) is 1.24. The number of benzene rings is 1. The van der Waals surface area contributed by atoms with E-state index in [1.54, 1.807) is 0 Å². The van der Waals surface area contributed by atoms with Crippen molar-refractivity contribution in [3.05, 3.63) is 34.9 Å². The Hall–Kier alpha value is -0.570.